The topological polar surface area (TPSA) is 64.9 Å². The van der Waals surface area contributed by atoms with E-state index in [9.17, 15) is 0 Å². The molecule has 1 unspecified atom stereocenters. The Morgan fingerprint density at radius 3 is 2.62 bits per heavy atom. The quantitative estimate of drug-likeness (QED) is 0.805. The number of nitrogens with two attached hydrogens (primary N) is 1. The van der Waals surface area contributed by atoms with Crippen LogP contribution in [0.25, 0.3) is 0 Å². The van der Waals surface area contributed by atoms with E-state index in [0.29, 0.717) is 11.7 Å². The molecule has 0 radical (unpaired) electrons. The Hall–Kier alpha value is -0.550. The Morgan fingerprint density at radius 1 is 1.44 bits per heavy atom. The first-order valence-electron chi connectivity index (χ1n) is 5.53. The molecule has 16 heavy (non-hydrogen) atoms. The van der Waals surface area contributed by atoms with Crippen LogP contribution in [0.15, 0.2) is 4.52 Å². The molecule has 1 atom stereocenters. The minimum atomic E-state index is -0.107. The predicted molar refractivity (Wildman–Crippen MR) is 67.5 cm³/mol. The molecule has 5 heteroatoms. The third-order valence-electron chi connectivity index (χ3n) is 2.28. The summed E-state index contributed by atoms with van der Waals surface area (Å²) in [4.78, 5) is 4.35. The van der Waals surface area contributed by atoms with Gasteiger partial charge in [-0.15, -0.1) is 0 Å². The lowest BCUT2D eigenvalue weighted by molar-refractivity contribution is 0.316. The van der Waals surface area contributed by atoms with E-state index in [-0.39, 0.29) is 11.5 Å². The third-order valence-corrected chi connectivity index (χ3v) is 2.98. The Morgan fingerprint density at radius 2 is 2.12 bits per heavy atom. The highest BCUT2D eigenvalue weighted by molar-refractivity contribution is 7.98. The minimum absolute atomic E-state index is 0.105. The Labute approximate surface area is 101 Å². The number of aromatic nitrogens is 2. The van der Waals surface area contributed by atoms with Gasteiger partial charge in [-0.05, 0) is 24.9 Å². The lowest BCUT2D eigenvalue weighted by atomic mass is 9.97. The average Bonchev–Trinajstić information content (AvgIpc) is 2.66. The van der Waals surface area contributed by atoms with Gasteiger partial charge in [-0.1, -0.05) is 25.9 Å². The van der Waals surface area contributed by atoms with Crippen LogP contribution in [-0.4, -0.2) is 22.1 Å². The summed E-state index contributed by atoms with van der Waals surface area (Å²) in [7, 11) is 0. The van der Waals surface area contributed by atoms with Crippen LogP contribution < -0.4 is 5.73 Å². The van der Waals surface area contributed by atoms with E-state index in [1.165, 1.54) is 0 Å². The SMILES string of the molecule is CSCCCC(N)c1noc(C(C)(C)C)n1. The van der Waals surface area contributed by atoms with Crippen LogP contribution in [0.1, 0.15) is 51.4 Å². The molecule has 2 N–H and O–H groups in total. The zero-order chi connectivity index (χ0) is 12.2. The average molecular weight is 243 g/mol. The van der Waals surface area contributed by atoms with E-state index >= 15 is 0 Å². The van der Waals surface area contributed by atoms with Crippen molar-refractivity contribution in [2.45, 2.75) is 45.1 Å². The molecule has 1 aromatic heterocycles. The van der Waals surface area contributed by atoms with E-state index in [1.54, 1.807) is 0 Å². The van der Waals surface area contributed by atoms with Crippen LogP contribution in [0.3, 0.4) is 0 Å². The molecule has 0 fully saturated rings. The Bertz CT molecular complexity index is 319. The van der Waals surface area contributed by atoms with Gasteiger partial charge in [0, 0.05) is 5.41 Å². The highest BCUT2D eigenvalue weighted by Crippen LogP contribution is 2.22. The number of hydrogen-bond acceptors (Lipinski definition) is 5. The summed E-state index contributed by atoms with van der Waals surface area (Å²) >= 11 is 1.83. The zero-order valence-electron chi connectivity index (χ0n) is 10.5. The summed E-state index contributed by atoms with van der Waals surface area (Å²) < 4.78 is 5.21. The second-order valence-electron chi connectivity index (χ2n) is 4.95. The van der Waals surface area contributed by atoms with Crippen LogP contribution in [0.2, 0.25) is 0 Å². The highest BCUT2D eigenvalue weighted by Gasteiger charge is 2.23. The van der Waals surface area contributed by atoms with Crippen LogP contribution in [-0.2, 0) is 5.41 Å². The predicted octanol–water partition coefficient (Wildman–Crippen LogP) is 2.51. The molecule has 0 saturated carbocycles. The molecule has 1 rings (SSSR count). The summed E-state index contributed by atoms with van der Waals surface area (Å²) in [5.41, 5.74) is 5.89. The molecular formula is C11H21N3OS. The van der Waals surface area contributed by atoms with Crippen molar-refractivity contribution in [3.05, 3.63) is 11.7 Å². The first-order valence-corrected chi connectivity index (χ1v) is 6.93. The molecule has 0 bridgehead atoms. The first-order chi connectivity index (χ1) is 7.45. The van der Waals surface area contributed by atoms with Gasteiger partial charge in [0.2, 0.25) is 5.89 Å². The summed E-state index contributed by atoms with van der Waals surface area (Å²) in [6.45, 7) is 6.14. The lowest BCUT2D eigenvalue weighted by Crippen LogP contribution is -2.15. The van der Waals surface area contributed by atoms with Gasteiger partial charge >= 0.3 is 0 Å². The second kappa shape index (κ2) is 5.68. The Kier molecular flexibility index (Phi) is 4.80. The van der Waals surface area contributed by atoms with Crippen LogP contribution in [0, 0.1) is 0 Å². The van der Waals surface area contributed by atoms with E-state index in [2.05, 4.69) is 16.4 Å². The van der Waals surface area contributed by atoms with Crippen molar-refractivity contribution in [2.75, 3.05) is 12.0 Å². The van der Waals surface area contributed by atoms with Crippen molar-refractivity contribution in [2.24, 2.45) is 5.73 Å². The molecule has 1 aromatic rings. The molecule has 0 aliphatic carbocycles. The van der Waals surface area contributed by atoms with Crippen molar-refractivity contribution in [1.82, 2.24) is 10.1 Å². The van der Waals surface area contributed by atoms with Gasteiger partial charge in [-0.25, -0.2) is 0 Å². The van der Waals surface area contributed by atoms with Crippen molar-refractivity contribution < 1.29 is 4.52 Å². The molecule has 0 aromatic carbocycles. The fraction of sp³-hybridized carbons (Fsp3) is 0.818. The van der Waals surface area contributed by atoms with Crippen LogP contribution in [0.5, 0.6) is 0 Å². The zero-order valence-corrected chi connectivity index (χ0v) is 11.3. The van der Waals surface area contributed by atoms with Crippen molar-refractivity contribution >= 4 is 11.8 Å². The maximum Gasteiger partial charge on any atom is 0.232 e. The summed E-state index contributed by atoms with van der Waals surface area (Å²) in [5.74, 6) is 2.41. The number of hydrogen-bond donors (Lipinski definition) is 1. The molecule has 0 spiro atoms. The first kappa shape index (κ1) is 13.5. The molecular weight excluding hydrogens is 222 g/mol. The largest absolute Gasteiger partial charge is 0.339 e. The summed E-state index contributed by atoms with van der Waals surface area (Å²) in [6.07, 6.45) is 4.09. The fourth-order valence-corrected chi connectivity index (χ4v) is 1.72. The van der Waals surface area contributed by atoms with E-state index in [0.717, 1.165) is 18.6 Å². The molecule has 1 heterocycles. The van der Waals surface area contributed by atoms with E-state index in [1.807, 2.05) is 32.5 Å². The summed E-state index contributed by atoms with van der Waals surface area (Å²) in [6, 6.07) is -0.105. The second-order valence-corrected chi connectivity index (χ2v) is 5.93. The van der Waals surface area contributed by atoms with Gasteiger partial charge in [0.25, 0.3) is 0 Å². The number of nitrogens with zero attached hydrogens (tertiary/aromatic N) is 2. The van der Waals surface area contributed by atoms with E-state index < -0.39 is 0 Å². The smallest absolute Gasteiger partial charge is 0.232 e. The number of rotatable bonds is 5. The molecule has 0 aliphatic rings. The van der Waals surface area contributed by atoms with Crippen molar-refractivity contribution in [3.63, 3.8) is 0 Å². The monoisotopic (exact) mass is 243 g/mol. The summed E-state index contributed by atoms with van der Waals surface area (Å²) in [5, 5.41) is 3.94. The van der Waals surface area contributed by atoms with Gasteiger partial charge in [0.1, 0.15) is 0 Å². The molecule has 0 aliphatic heterocycles. The normalized spacial score (nSPS) is 14.1. The molecule has 0 saturated heterocycles. The third kappa shape index (κ3) is 3.79. The van der Waals surface area contributed by atoms with Crippen molar-refractivity contribution in [1.29, 1.82) is 0 Å². The maximum atomic E-state index is 6.00. The van der Waals surface area contributed by atoms with Crippen LogP contribution >= 0.6 is 11.8 Å². The van der Waals surface area contributed by atoms with Gasteiger partial charge in [0.15, 0.2) is 5.82 Å². The minimum Gasteiger partial charge on any atom is -0.339 e. The van der Waals surface area contributed by atoms with Gasteiger partial charge in [-0.3, -0.25) is 0 Å². The Balaban J connectivity index is 2.56. The molecule has 92 valence electrons. The van der Waals surface area contributed by atoms with Gasteiger partial charge in [-0.2, -0.15) is 16.7 Å². The van der Waals surface area contributed by atoms with Gasteiger partial charge in [0.05, 0.1) is 6.04 Å². The van der Waals surface area contributed by atoms with Crippen LogP contribution in [0.4, 0.5) is 0 Å². The fourth-order valence-electron chi connectivity index (χ4n) is 1.27. The molecule has 4 nitrogen and oxygen atoms in total. The highest BCUT2D eigenvalue weighted by atomic mass is 32.2. The van der Waals surface area contributed by atoms with Crippen molar-refractivity contribution in [3.8, 4) is 0 Å². The number of thioether (sulfide) groups is 1. The lowest BCUT2D eigenvalue weighted by Gasteiger charge is -2.10. The maximum absolute atomic E-state index is 6.00. The van der Waals surface area contributed by atoms with Gasteiger partial charge < -0.3 is 10.3 Å². The standard InChI is InChI=1S/C11H21N3OS/c1-11(2,3)10-13-9(14-15-10)8(12)6-5-7-16-4/h8H,5-7,12H2,1-4H3. The van der Waals surface area contributed by atoms with E-state index in [4.69, 9.17) is 10.3 Å². The molecule has 0 amide bonds.